The summed E-state index contributed by atoms with van der Waals surface area (Å²) in [6, 6.07) is 0. The number of aliphatic hydroxyl groups is 1. The van der Waals surface area contributed by atoms with Crippen molar-refractivity contribution in [2.45, 2.75) is 26.2 Å². The molecule has 0 aromatic rings. The van der Waals surface area contributed by atoms with E-state index >= 15 is 0 Å². The minimum Gasteiger partial charge on any atom is -0.396 e. The Morgan fingerprint density at radius 1 is 1.27 bits per heavy atom. The third kappa shape index (κ3) is 2.89. The molecular weight excluding hydrogens is 136 g/mol. The molecule has 0 aliphatic carbocycles. The summed E-state index contributed by atoms with van der Waals surface area (Å²) in [7, 11) is 0. The van der Waals surface area contributed by atoms with Gasteiger partial charge in [0.2, 0.25) is 0 Å². The van der Waals surface area contributed by atoms with Crippen molar-refractivity contribution in [2.75, 3.05) is 6.61 Å². The number of rotatable bonds is 6. The number of hydrogen-bond acceptors (Lipinski definition) is 1. The van der Waals surface area contributed by atoms with Crippen molar-refractivity contribution in [2.24, 2.45) is 5.41 Å². The number of hydrogen-bond donors (Lipinski definition) is 1. The maximum atomic E-state index is 9.14. The predicted octanol–water partition coefficient (Wildman–Crippen LogP) is 2.53. The van der Waals surface area contributed by atoms with E-state index in [0.29, 0.717) is 0 Å². The molecule has 0 radical (unpaired) electrons. The lowest BCUT2D eigenvalue weighted by molar-refractivity contribution is 0.125. The number of allylic oxidation sites excluding steroid dienone is 2. The van der Waals surface area contributed by atoms with Gasteiger partial charge in [-0.1, -0.05) is 19.1 Å². The van der Waals surface area contributed by atoms with Crippen molar-refractivity contribution in [3.63, 3.8) is 0 Å². The first-order chi connectivity index (χ1) is 5.24. The van der Waals surface area contributed by atoms with Gasteiger partial charge in [0.05, 0.1) is 0 Å². The molecule has 0 fully saturated rings. The van der Waals surface area contributed by atoms with Gasteiger partial charge in [-0.25, -0.2) is 0 Å². The SMILES string of the molecule is C=CCC(CC)(CO)CC=C. The Morgan fingerprint density at radius 3 is 1.91 bits per heavy atom. The zero-order chi connectivity index (χ0) is 8.74. The average molecular weight is 154 g/mol. The molecule has 11 heavy (non-hydrogen) atoms. The van der Waals surface area contributed by atoms with Crippen LogP contribution in [0, 0.1) is 5.41 Å². The lowest BCUT2D eigenvalue weighted by Crippen LogP contribution is -2.22. The van der Waals surface area contributed by atoms with Gasteiger partial charge in [-0.05, 0) is 19.3 Å². The van der Waals surface area contributed by atoms with Crippen LogP contribution in [0.25, 0.3) is 0 Å². The highest BCUT2D eigenvalue weighted by Crippen LogP contribution is 2.30. The lowest BCUT2D eigenvalue weighted by atomic mass is 9.79. The summed E-state index contributed by atoms with van der Waals surface area (Å²) in [5.41, 5.74) is 0.00347. The maximum absolute atomic E-state index is 9.14. The summed E-state index contributed by atoms with van der Waals surface area (Å²) >= 11 is 0. The van der Waals surface area contributed by atoms with Crippen molar-refractivity contribution >= 4 is 0 Å². The van der Waals surface area contributed by atoms with Gasteiger partial charge in [-0.3, -0.25) is 0 Å². The van der Waals surface area contributed by atoms with Gasteiger partial charge in [0.1, 0.15) is 0 Å². The van der Waals surface area contributed by atoms with Gasteiger partial charge in [0, 0.05) is 12.0 Å². The standard InChI is InChI=1S/C10H18O/c1-4-7-10(6-3,9-11)8-5-2/h4-5,11H,1-2,6-9H2,3H3. The Labute approximate surface area is 69.4 Å². The van der Waals surface area contributed by atoms with Crippen molar-refractivity contribution in [3.8, 4) is 0 Å². The third-order valence-corrected chi connectivity index (χ3v) is 2.24. The van der Waals surface area contributed by atoms with Gasteiger partial charge in [0.25, 0.3) is 0 Å². The quantitative estimate of drug-likeness (QED) is 0.583. The minimum atomic E-state index is 0.00347. The van der Waals surface area contributed by atoms with E-state index in [1.54, 1.807) is 0 Å². The van der Waals surface area contributed by atoms with Crippen molar-refractivity contribution in [1.82, 2.24) is 0 Å². The van der Waals surface area contributed by atoms with Crippen LogP contribution in [-0.2, 0) is 0 Å². The topological polar surface area (TPSA) is 20.2 Å². The first-order valence-electron chi connectivity index (χ1n) is 4.07. The molecule has 0 rings (SSSR count). The van der Waals surface area contributed by atoms with Gasteiger partial charge >= 0.3 is 0 Å². The van der Waals surface area contributed by atoms with Crippen molar-refractivity contribution < 1.29 is 5.11 Å². The van der Waals surface area contributed by atoms with Crippen LogP contribution in [0.1, 0.15) is 26.2 Å². The van der Waals surface area contributed by atoms with E-state index < -0.39 is 0 Å². The molecule has 64 valence electrons. The Hall–Kier alpha value is -0.560. The lowest BCUT2D eigenvalue weighted by Gasteiger charge is -2.27. The average Bonchev–Trinajstić information content (AvgIpc) is 2.04. The highest BCUT2D eigenvalue weighted by molar-refractivity contribution is 4.90. The van der Waals surface area contributed by atoms with E-state index in [9.17, 15) is 0 Å². The van der Waals surface area contributed by atoms with Crippen LogP contribution in [0.3, 0.4) is 0 Å². The molecule has 1 nitrogen and oxygen atoms in total. The second-order valence-corrected chi connectivity index (χ2v) is 3.00. The molecule has 0 aromatic carbocycles. The molecule has 0 amide bonds. The molecule has 1 heteroatoms. The Kier molecular flexibility index (Phi) is 4.88. The van der Waals surface area contributed by atoms with Gasteiger partial charge < -0.3 is 5.11 Å². The first-order valence-corrected chi connectivity index (χ1v) is 4.07. The van der Waals surface area contributed by atoms with Crippen molar-refractivity contribution in [1.29, 1.82) is 0 Å². The van der Waals surface area contributed by atoms with Crippen molar-refractivity contribution in [3.05, 3.63) is 25.3 Å². The van der Waals surface area contributed by atoms with E-state index in [2.05, 4.69) is 20.1 Å². The van der Waals surface area contributed by atoms with Crippen LogP contribution in [0.4, 0.5) is 0 Å². The molecule has 0 heterocycles. The molecule has 0 spiro atoms. The minimum absolute atomic E-state index is 0.00347. The summed E-state index contributed by atoms with van der Waals surface area (Å²) in [6.45, 7) is 9.67. The highest BCUT2D eigenvalue weighted by atomic mass is 16.3. The van der Waals surface area contributed by atoms with Crippen LogP contribution in [0.15, 0.2) is 25.3 Å². The summed E-state index contributed by atoms with van der Waals surface area (Å²) in [6.07, 6.45) is 6.44. The third-order valence-electron chi connectivity index (χ3n) is 2.24. The summed E-state index contributed by atoms with van der Waals surface area (Å²) in [4.78, 5) is 0. The van der Waals surface area contributed by atoms with Crippen LogP contribution in [0.5, 0.6) is 0 Å². The maximum Gasteiger partial charge on any atom is 0.0493 e. The fourth-order valence-corrected chi connectivity index (χ4v) is 1.23. The number of aliphatic hydroxyl groups excluding tert-OH is 1. The molecule has 0 aliphatic heterocycles. The van der Waals surface area contributed by atoms with Gasteiger partial charge in [-0.2, -0.15) is 0 Å². The summed E-state index contributed by atoms with van der Waals surface area (Å²) < 4.78 is 0. The van der Waals surface area contributed by atoms with E-state index in [4.69, 9.17) is 5.11 Å². The molecule has 0 bridgehead atoms. The smallest absolute Gasteiger partial charge is 0.0493 e. The normalized spacial score (nSPS) is 11.1. The second kappa shape index (κ2) is 5.14. The Morgan fingerprint density at radius 2 is 1.73 bits per heavy atom. The molecule has 0 saturated carbocycles. The van der Waals surface area contributed by atoms with Crippen LogP contribution in [-0.4, -0.2) is 11.7 Å². The molecule has 0 atom stereocenters. The van der Waals surface area contributed by atoms with Crippen LogP contribution < -0.4 is 0 Å². The molecule has 1 N–H and O–H groups in total. The summed E-state index contributed by atoms with van der Waals surface area (Å²) in [5, 5.41) is 9.14. The largest absolute Gasteiger partial charge is 0.396 e. The first kappa shape index (κ1) is 10.4. The van der Waals surface area contributed by atoms with Gasteiger partial charge in [0.15, 0.2) is 0 Å². The van der Waals surface area contributed by atoms with Crippen LogP contribution in [0.2, 0.25) is 0 Å². The highest BCUT2D eigenvalue weighted by Gasteiger charge is 2.23. The molecule has 0 aliphatic rings. The zero-order valence-electron chi connectivity index (χ0n) is 7.34. The van der Waals surface area contributed by atoms with E-state index in [1.165, 1.54) is 0 Å². The van der Waals surface area contributed by atoms with E-state index in [0.717, 1.165) is 19.3 Å². The predicted molar refractivity (Wildman–Crippen MR) is 49.4 cm³/mol. The van der Waals surface area contributed by atoms with Gasteiger partial charge in [-0.15, -0.1) is 13.2 Å². The molecule has 0 saturated heterocycles. The Balaban J connectivity index is 4.17. The molecule has 0 aromatic heterocycles. The molecule has 0 unspecified atom stereocenters. The molecular formula is C10H18O. The van der Waals surface area contributed by atoms with E-state index in [-0.39, 0.29) is 12.0 Å². The second-order valence-electron chi connectivity index (χ2n) is 3.00. The fourth-order valence-electron chi connectivity index (χ4n) is 1.23. The van der Waals surface area contributed by atoms with E-state index in [1.807, 2.05) is 12.2 Å². The Bertz CT molecular complexity index is 111. The fraction of sp³-hybridized carbons (Fsp3) is 0.600. The zero-order valence-corrected chi connectivity index (χ0v) is 7.34. The van der Waals surface area contributed by atoms with Crippen LogP contribution >= 0.6 is 0 Å². The monoisotopic (exact) mass is 154 g/mol. The summed E-state index contributed by atoms with van der Waals surface area (Å²) in [5.74, 6) is 0.